The Hall–Kier alpha value is -2.53. The molecule has 146 valence electrons. The first-order valence-corrected chi connectivity index (χ1v) is 10.2. The molecule has 1 fully saturated rings. The van der Waals surface area contributed by atoms with Gasteiger partial charge in [-0.15, -0.1) is 0 Å². The monoisotopic (exact) mass is 379 g/mol. The summed E-state index contributed by atoms with van der Waals surface area (Å²) in [5.74, 6) is 1.63. The second-order valence-corrected chi connectivity index (χ2v) is 7.76. The second kappa shape index (κ2) is 7.47. The molecule has 0 radical (unpaired) electrons. The van der Waals surface area contributed by atoms with Crippen molar-refractivity contribution in [3.8, 4) is 11.5 Å². The third kappa shape index (κ3) is 3.24. The van der Waals surface area contributed by atoms with Crippen molar-refractivity contribution in [2.24, 2.45) is 0 Å². The van der Waals surface area contributed by atoms with Crippen LogP contribution in [0, 0.1) is 0 Å². The van der Waals surface area contributed by atoms with Gasteiger partial charge in [0.2, 0.25) is 6.79 Å². The maximum atomic E-state index is 13.4. The Balaban J connectivity index is 1.48. The molecule has 0 saturated carbocycles. The van der Waals surface area contributed by atoms with Crippen LogP contribution in [0.3, 0.4) is 0 Å². The van der Waals surface area contributed by atoms with Gasteiger partial charge in [-0.3, -0.25) is 4.79 Å². The highest BCUT2D eigenvalue weighted by Gasteiger charge is 2.35. The molecule has 0 unspecified atom stereocenters. The number of hydrogen-bond donors (Lipinski definition) is 0. The molecule has 0 bridgehead atoms. The number of carbonyl (C=O) groups is 1. The van der Waals surface area contributed by atoms with E-state index in [0.29, 0.717) is 13.2 Å². The summed E-state index contributed by atoms with van der Waals surface area (Å²) in [5.41, 5.74) is 3.69. The fourth-order valence-electron chi connectivity index (χ4n) is 4.59. The molecule has 2 atom stereocenters. The van der Waals surface area contributed by atoms with E-state index in [4.69, 9.17) is 14.2 Å². The number of carbonyl (C=O) groups excluding carboxylic acids is 1. The SMILES string of the molecule is O=C([C@@H]1CCCO1)N(Cc1ccc2c(c1)OCO2)[C@H]1CCCc2ccccc21. The van der Waals surface area contributed by atoms with Crippen LogP contribution in [0.15, 0.2) is 42.5 Å². The van der Waals surface area contributed by atoms with Crippen molar-refractivity contribution in [3.05, 3.63) is 59.2 Å². The van der Waals surface area contributed by atoms with Crippen molar-refractivity contribution >= 4 is 5.91 Å². The second-order valence-electron chi connectivity index (χ2n) is 7.76. The lowest BCUT2D eigenvalue weighted by Gasteiger charge is -2.37. The minimum atomic E-state index is -0.317. The molecule has 1 amide bonds. The molecule has 2 aromatic rings. The summed E-state index contributed by atoms with van der Waals surface area (Å²) in [6, 6.07) is 14.6. The molecule has 0 N–H and O–H groups in total. The van der Waals surface area contributed by atoms with Crippen molar-refractivity contribution in [2.75, 3.05) is 13.4 Å². The zero-order valence-corrected chi connectivity index (χ0v) is 15.9. The Morgan fingerprint density at radius 3 is 2.82 bits per heavy atom. The van der Waals surface area contributed by atoms with E-state index in [1.807, 2.05) is 23.1 Å². The van der Waals surface area contributed by atoms with Gasteiger partial charge in [-0.1, -0.05) is 30.3 Å². The lowest BCUT2D eigenvalue weighted by atomic mass is 9.86. The molecule has 0 aromatic heterocycles. The molecule has 2 aromatic carbocycles. The van der Waals surface area contributed by atoms with Gasteiger partial charge in [-0.05, 0) is 60.9 Å². The number of fused-ring (bicyclic) bond motifs is 2. The van der Waals surface area contributed by atoms with Crippen LogP contribution in [0.5, 0.6) is 11.5 Å². The average Bonchev–Trinajstić information content (AvgIpc) is 3.43. The first kappa shape index (κ1) is 17.6. The highest BCUT2D eigenvalue weighted by molar-refractivity contribution is 5.81. The van der Waals surface area contributed by atoms with E-state index in [0.717, 1.165) is 49.2 Å². The van der Waals surface area contributed by atoms with Crippen LogP contribution in [-0.2, 0) is 22.5 Å². The quantitative estimate of drug-likeness (QED) is 0.806. The summed E-state index contributed by atoms with van der Waals surface area (Å²) < 4.78 is 16.7. The van der Waals surface area contributed by atoms with Crippen molar-refractivity contribution in [1.29, 1.82) is 0 Å². The number of ether oxygens (including phenoxy) is 3. The first-order chi connectivity index (χ1) is 13.8. The Morgan fingerprint density at radius 2 is 1.93 bits per heavy atom. The van der Waals surface area contributed by atoms with Crippen LogP contribution >= 0.6 is 0 Å². The summed E-state index contributed by atoms with van der Waals surface area (Å²) in [7, 11) is 0. The molecule has 1 saturated heterocycles. The van der Waals surface area contributed by atoms with Crippen LogP contribution in [-0.4, -0.2) is 30.3 Å². The van der Waals surface area contributed by atoms with Crippen molar-refractivity contribution in [2.45, 2.75) is 50.8 Å². The smallest absolute Gasteiger partial charge is 0.252 e. The van der Waals surface area contributed by atoms with Crippen molar-refractivity contribution in [1.82, 2.24) is 4.90 Å². The molecule has 5 nitrogen and oxygen atoms in total. The molecular weight excluding hydrogens is 354 g/mol. The third-order valence-electron chi connectivity index (χ3n) is 5.99. The molecule has 3 aliphatic rings. The predicted molar refractivity (Wildman–Crippen MR) is 104 cm³/mol. The Kier molecular flexibility index (Phi) is 4.69. The maximum absolute atomic E-state index is 13.4. The Labute approximate surface area is 165 Å². The minimum absolute atomic E-state index is 0.0899. The van der Waals surface area contributed by atoms with Crippen LogP contribution in [0.25, 0.3) is 0 Å². The van der Waals surface area contributed by atoms with Crippen LogP contribution in [0.2, 0.25) is 0 Å². The standard InChI is InChI=1S/C23H25NO4/c25-23(21-9-4-12-26-21)24(14-16-10-11-20-22(13-16)28-15-27-20)19-8-3-6-17-5-1-2-7-18(17)19/h1-2,5,7,10-11,13,19,21H,3-4,6,8-9,12,14-15H2/t19-,21-/m0/s1. The van der Waals surface area contributed by atoms with Gasteiger partial charge in [0.05, 0.1) is 6.04 Å². The molecule has 2 aliphatic heterocycles. The zero-order chi connectivity index (χ0) is 18.9. The number of amides is 1. The lowest BCUT2D eigenvalue weighted by molar-refractivity contribution is -0.144. The van der Waals surface area contributed by atoms with Gasteiger partial charge >= 0.3 is 0 Å². The molecule has 5 rings (SSSR count). The summed E-state index contributed by atoms with van der Waals surface area (Å²) in [6.07, 6.45) is 4.61. The largest absolute Gasteiger partial charge is 0.454 e. The van der Waals surface area contributed by atoms with Gasteiger partial charge in [0, 0.05) is 13.2 Å². The van der Waals surface area contributed by atoms with Gasteiger partial charge in [0.25, 0.3) is 5.91 Å². The van der Waals surface area contributed by atoms with Gasteiger partial charge in [0.1, 0.15) is 6.10 Å². The van der Waals surface area contributed by atoms with Gasteiger partial charge in [-0.25, -0.2) is 0 Å². The molecule has 1 aliphatic carbocycles. The van der Waals surface area contributed by atoms with Gasteiger partial charge in [0.15, 0.2) is 11.5 Å². The van der Waals surface area contributed by atoms with E-state index in [-0.39, 0.29) is 24.8 Å². The van der Waals surface area contributed by atoms with Crippen LogP contribution in [0.1, 0.15) is 48.4 Å². The molecular formula is C23H25NO4. The highest BCUT2D eigenvalue weighted by Crippen LogP contribution is 2.38. The average molecular weight is 379 g/mol. The Morgan fingerprint density at radius 1 is 1.04 bits per heavy atom. The van der Waals surface area contributed by atoms with Crippen molar-refractivity contribution in [3.63, 3.8) is 0 Å². The van der Waals surface area contributed by atoms with E-state index in [1.54, 1.807) is 0 Å². The number of nitrogens with zero attached hydrogens (tertiary/aromatic N) is 1. The fraction of sp³-hybridized carbons (Fsp3) is 0.435. The number of benzene rings is 2. The number of aryl methyl sites for hydroxylation is 1. The minimum Gasteiger partial charge on any atom is -0.454 e. The Bertz CT molecular complexity index is 875. The van der Waals surface area contributed by atoms with E-state index in [9.17, 15) is 4.79 Å². The summed E-state index contributed by atoms with van der Waals surface area (Å²) in [6.45, 7) is 1.48. The van der Waals surface area contributed by atoms with Crippen LogP contribution < -0.4 is 9.47 Å². The number of hydrogen-bond acceptors (Lipinski definition) is 4. The van der Waals surface area contributed by atoms with Gasteiger partial charge < -0.3 is 19.1 Å². The normalized spacial score (nSPS) is 22.7. The fourth-order valence-corrected chi connectivity index (χ4v) is 4.59. The van der Waals surface area contributed by atoms with Gasteiger partial charge in [-0.2, -0.15) is 0 Å². The lowest BCUT2D eigenvalue weighted by Crippen LogP contribution is -2.42. The van der Waals surface area contributed by atoms with Crippen molar-refractivity contribution < 1.29 is 19.0 Å². The van der Waals surface area contributed by atoms with E-state index >= 15 is 0 Å². The molecule has 0 spiro atoms. The van der Waals surface area contributed by atoms with E-state index < -0.39 is 0 Å². The molecule has 28 heavy (non-hydrogen) atoms. The zero-order valence-electron chi connectivity index (χ0n) is 15.9. The first-order valence-electron chi connectivity index (χ1n) is 10.2. The topological polar surface area (TPSA) is 48.0 Å². The predicted octanol–water partition coefficient (Wildman–Crippen LogP) is 4.00. The summed E-state index contributed by atoms with van der Waals surface area (Å²) in [4.78, 5) is 15.5. The summed E-state index contributed by atoms with van der Waals surface area (Å²) in [5, 5.41) is 0. The summed E-state index contributed by atoms with van der Waals surface area (Å²) >= 11 is 0. The highest BCUT2D eigenvalue weighted by atomic mass is 16.7. The third-order valence-corrected chi connectivity index (χ3v) is 5.99. The van der Waals surface area contributed by atoms with E-state index in [1.165, 1.54) is 11.1 Å². The molecule has 5 heteroatoms. The number of rotatable bonds is 4. The van der Waals surface area contributed by atoms with Crippen LogP contribution in [0.4, 0.5) is 0 Å². The maximum Gasteiger partial charge on any atom is 0.252 e. The molecule has 2 heterocycles. The van der Waals surface area contributed by atoms with E-state index in [2.05, 4.69) is 24.3 Å².